The molecular weight excluding hydrogens is 256 g/mol. The van der Waals surface area contributed by atoms with E-state index in [4.69, 9.17) is 0 Å². The number of carbonyl (C=O) groups excluding carboxylic acids is 1. The summed E-state index contributed by atoms with van der Waals surface area (Å²) < 4.78 is 0. The normalized spacial score (nSPS) is 10.4. The molecular formula is C15H18N2OS. The molecule has 0 atom stereocenters. The molecule has 0 fully saturated rings. The standard InChI is InChI=1S/C15H18N2OS/c1-2-12-8-9-19-14(12)10-16-11-15(18)17-13-6-4-3-5-7-13/h3-9,16H,2,10-11H2,1H3,(H,17,18). The van der Waals surface area contributed by atoms with E-state index in [1.165, 1.54) is 10.4 Å². The number of anilines is 1. The molecule has 1 amide bonds. The van der Waals surface area contributed by atoms with Crippen LogP contribution in [0.25, 0.3) is 0 Å². The highest BCUT2D eigenvalue weighted by molar-refractivity contribution is 7.10. The Morgan fingerprint density at radius 1 is 1.21 bits per heavy atom. The number of carbonyl (C=O) groups is 1. The first kappa shape index (κ1) is 13.8. The Hall–Kier alpha value is -1.65. The molecule has 4 heteroatoms. The molecule has 100 valence electrons. The number of para-hydroxylation sites is 1. The molecule has 1 aromatic carbocycles. The molecule has 0 unspecified atom stereocenters. The molecule has 1 aromatic heterocycles. The maximum absolute atomic E-state index is 11.7. The van der Waals surface area contributed by atoms with Crippen molar-refractivity contribution in [2.24, 2.45) is 0 Å². The monoisotopic (exact) mass is 274 g/mol. The zero-order valence-electron chi connectivity index (χ0n) is 11.0. The molecule has 19 heavy (non-hydrogen) atoms. The lowest BCUT2D eigenvalue weighted by atomic mass is 10.2. The Bertz CT molecular complexity index is 522. The third-order valence-corrected chi connectivity index (χ3v) is 3.81. The number of aryl methyl sites for hydroxylation is 1. The zero-order chi connectivity index (χ0) is 13.5. The van der Waals surface area contributed by atoms with Crippen molar-refractivity contribution < 1.29 is 4.79 Å². The van der Waals surface area contributed by atoms with Crippen molar-refractivity contribution in [1.29, 1.82) is 0 Å². The van der Waals surface area contributed by atoms with Gasteiger partial charge < -0.3 is 10.6 Å². The molecule has 0 radical (unpaired) electrons. The van der Waals surface area contributed by atoms with Crippen LogP contribution in [0, 0.1) is 0 Å². The Kier molecular flexibility index (Phi) is 5.12. The SMILES string of the molecule is CCc1ccsc1CNCC(=O)Nc1ccccc1. The Morgan fingerprint density at radius 2 is 2.00 bits per heavy atom. The molecule has 0 spiro atoms. The predicted octanol–water partition coefficient (Wildman–Crippen LogP) is 3.04. The molecule has 0 aliphatic carbocycles. The predicted molar refractivity (Wildman–Crippen MR) is 80.5 cm³/mol. The van der Waals surface area contributed by atoms with Crippen LogP contribution in [-0.2, 0) is 17.8 Å². The number of nitrogens with one attached hydrogen (secondary N) is 2. The van der Waals surface area contributed by atoms with Crippen LogP contribution in [0.4, 0.5) is 5.69 Å². The third-order valence-electron chi connectivity index (χ3n) is 2.85. The highest BCUT2D eigenvalue weighted by atomic mass is 32.1. The number of amides is 1. The molecule has 1 heterocycles. The summed E-state index contributed by atoms with van der Waals surface area (Å²) in [5, 5.41) is 8.13. The van der Waals surface area contributed by atoms with Crippen LogP contribution in [0.15, 0.2) is 41.8 Å². The van der Waals surface area contributed by atoms with Crippen LogP contribution in [0.3, 0.4) is 0 Å². The Morgan fingerprint density at radius 3 is 2.74 bits per heavy atom. The lowest BCUT2D eigenvalue weighted by molar-refractivity contribution is -0.115. The fourth-order valence-electron chi connectivity index (χ4n) is 1.85. The molecule has 0 bridgehead atoms. The first-order valence-corrected chi connectivity index (χ1v) is 7.28. The number of hydrogen-bond acceptors (Lipinski definition) is 3. The van der Waals surface area contributed by atoms with E-state index in [1.807, 2.05) is 30.3 Å². The van der Waals surface area contributed by atoms with Crippen LogP contribution in [-0.4, -0.2) is 12.5 Å². The van der Waals surface area contributed by atoms with Gasteiger partial charge in [-0.3, -0.25) is 4.79 Å². The minimum absolute atomic E-state index is 0.0131. The van der Waals surface area contributed by atoms with Gasteiger partial charge in [-0.05, 0) is 35.6 Å². The van der Waals surface area contributed by atoms with Gasteiger partial charge in [0, 0.05) is 17.1 Å². The van der Waals surface area contributed by atoms with Gasteiger partial charge in [-0.2, -0.15) is 0 Å². The van der Waals surface area contributed by atoms with Crippen molar-refractivity contribution >= 4 is 22.9 Å². The molecule has 2 aromatic rings. The van der Waals surface area contributed by atoms with Crippen molar-refractivity contribution in [3.63, 3.8) is 0 Å². The van der Waals surface area contributed by atoms with E-state index < -0.39 is 0 Å². The lowest BCUT2D eigenvalue weighted by Gasteiger charge is -2.06. The minimum atomic E-state index is -0.0131. The van der Waals surface area contributed by atoms with Gasteiger partial charge in [0.25, 0.3) is 0 Å². The zero-order valence-corrected chi connectivity index (χ0v) is 11.8. The van der Waals surface area contributed by atoms with E-state index in [9.17, 15) is 4.79 Å². The molecule has 2 N–H and O–H groups in total. The van der Waals surface area contributed by atoms with Gasteiger partial charge in [0.2, 0.25) is 5.91 Å². The summed E-state index contributed by atoms with van der Waals surface area (Å²) >= 11 is 1.74. The van der Waals surface area contributed by atoms with Crippen molar-refractivity contribution in [1.82, 2.24) is 5.32 Å². The molecule has 3 nitrogen and oxygen atoms in total. The Labute approximate surface area is 117 Å². The van der Waals surface area contributed by atoms with E-state index in [1.54, 1.807) is 11.3 Å². The van der Waals surface area contributed by atoms with E-state index in [0.717, 1.165) is 18.7 Å². The van der Waals surface area contributed by atoms with Crippen LogP contribution < -0.4 is 10.6 Å². The maximum atomic E-state index is 11.7. The van der Waals surface area contributed by atoms with E-state index >= 15 is 0 Å². The minimum Gasteiger partial charge on any atom is -0.325 e. The summed E-state index contributed by atoms with van der Waals surface area (Å²) in [7, 11) is 0. The van der Waals surface area contributed by atoms with Crippen LogP contribution in [0.2, 0.25) is 0 Å². The highest BCUT2D eigenvalue weighted by Crippen LogP contribution is 2.16. The Balaban J connectivity index is 1.75. The van der Waals surface area contributed by atoms with Crippen LogP contribution in [0.5, 0.6) is 0 Å². The van der Waals surface area contributed by atoms with Crippen molar-refractivity contribution in [2.45, 2.75) is 19.9 Å². The van der Waals surface area contributed by atoms with Gasteiger partial charge in [-0.15, -0.1) is 11.3 Å². The molecule has 0 aliphatic rings. The van der Waals surface area contributed by atoms with Gasteiger partial charge >= 0.3 is 0 Å². The maximum Gasteiger partial charge on any atom is 0.238 e. The quantitative estimate of drug-likeness (QED) is 0.850. The largest absolute Gasteiger partial charge is 0.325 e. The summed E-state index contributed by atoms with van der Waals surface area (Å²) in [6.45, 7) is 3.23. The van der Waals surface area contributed by atoms with Gasteiger partial charge in [-0.25, -0.2) is 0 Å². The van der Waals surface area contributed by atoms with Crippen molar-refractivity contribution in [3.05, 3.63) is 52.2 Å². The van der Waals surface area contributed by atoms with Gasteiger partial charge in [0.15, 0.2) is 0 Å². The molecule has 2 rings (SSSR count). The second-order valence-corrected chi connectivity index (χ2v) is 5.24. The van der Waals surface area contributed by atoms with E-state index in [-0.39, 0.29) is 5.91 Å². The molecule has 0 saturated carbocycles. The van der Waals surface area contributed by atoms with Gasteiger partial charge in [-0.1, -0.05) is 25.1 Å². The second kappa shape index (κ2) is 7.07. The summed E-state index contributed by atoms with van der Waals surface area (Å²) in [4.78, 5) is 13.0. The third kappa shape index (κ3) is 4.19. The fraction of sp³-hybridized carbons (Fsp3) is 0.267. The summed E-state index contributed by atoms with van der Waals surface area (Å²) in [5.74, 6) is -0.0131. The average molecular weight is 274 g/mol. The van der Waals surface area contributed by atoms with Crippen LogP contribution >= 0.6 is 11.3 Å². The van der Waals surface area contributed by atoms with E-state index in [0.29, 0.717) is 6.54 Å². The lowest BCUT2D eigenvalue weighted by Crippen LogP contribution is -2.27. The van der Waals surface area contributed by atoms with Gasteiger partial charge in [0.1, 0.15) is 0 Å². The molecule has 0 aliphatic heterocycles. The van der Waals surface area contributed by atoms with Gasteiger partial charge in [0.05, 0.1) is 6.54 Å². The average Bonchev–Trinajstić information content (AvgIpc) is 2.87. The number of rotatable bonds is 6. The topological polar surface area (TPSA) is 41.1 Å². The number of hydrogen-bond donors (Lipinski definition) is 2. The van der Waals surface area contributed by atoms with Crippen LogP contribution in [0.1, 0.15) is 17.4 Å². The fourth-order valence-corrected chi connectivity index (χ4v) is 2.80. The molecule has 0 saturated heterocycles. The highest BCUT2D eigenvalue weighted by Gasteiger charge is 2.04. The summed E-state index contributed by atoms with van der Waals surface area (Å²) in [6, 6.07) is 11.6. The van der Waals surface area contributed by atoms with Crippen molar-refractivity contribution in [2.75, 3.05) is 11.9 Å². The number of benzene rings is 1. The summed E-state index contributed by atoms with van der Waals surface area (Å²) in [5.41, 5.74) is 2.20. The van der Waals surface area contributed by atoms with E-state index in [2.05, 4.69) is 29.0 Å². The first-order valence-electron chi connectivity index (χ1n) is 6.40. The smallest absolute Gasteiger partial charge is 0.238 e. The summed E-state index contributed by atoms with van der Waals surface area (Å²) in [6.07, 6.45) is 1.04. The number of thiophene rings is 1. The first-order chi connectivity index (χ1) is 9.29. The second-order valence-electron chi connectivity index (χ2n) is 4.24. The van der Waals surface area contributed by atoms with Crippen molar-refractivity contribution in [3.8, 4) is 0 Å².